The van der Waals surface area contributed by atoms with E-state index in [2.05, 4.69) is 0 Å². The summed E-state index contributed by atoms with van der Waals surface area (Å²) >= 11 is 0. The van der Waals surface area contributed by atoms with Gasteiger partial charge in [-0.15, -0.1) is 0 Å². The van der Waals surface area contributed by atoms with E-state index in [1.807, 2.05) is 27.7 Å². The molecule has 0 aromatic rings. The minimum Gasteiger partial charge on any atom is -0.213 e. The van der Waals surface area contributed by atoms with Crippen LogP contribution in [0.1, 0.15) is 34.1 Å². The Morgan fingerprint density at radius 2 is 1.61 bits per heavy atom. The first-order valence-corrected chi connectivity index (χ1v) is 7.64. The lowest BCUT2D eigenvalue weighted by Crippen LogP contribution is -2.43. The molecule has 0 rings (SSSR count). The number of hydrogen-bond donors (Lipinski definition) is 0. The Bertz CT molecular complexity index is 357. The van der Waals surface area contributed by atoms with Crippen LogP contribution < -0.4 is 0 Å². The summed E-state index contributed by atoms with van der Waals surface area (Å²) in [5, 5.41) is 0. The van der Waals surface area contributed by atoms with Crippen LogP contribution in [0.4, 0.5) is 13.2 Å². The summed E-state index contributed by atoms with van der Waals surface area (Å²) in [7, 11) is -3.85. The number of hydrogen-bond acceptors (Lipinski definition) is 2. The first-order valence-electron chi connectivity index (χ1n) is 5.79. The lowest BCUT2D eigenvalue weighted by Gasteiger charge is -2.34. The number of rotatable bonds is 5. The number of sulfonamides is 1. The van der Waals surface area contributed by atoms with Crippen molar-refractivity contribution in [1.82, 2.24) is 4.31 Å². The molecule has 0 radical (unpaired) electrons. The van der Waals surface area contributed by atoms with E-state index in [1.165, 1.54) is 0 Å². The largest absolute Gasteiger partial charge is 0.402 e. The second kappa shape index (κ2) is 5.77. The van der Waals surface area contributed by atoms with Crippen molar-refractivity contribution in [3.05, 3.63) is 0 Å². The molecule has 0 N–H and O–H groups in total. The summed E-state index contributed by atoms with van der Waals surface area (Å²) in [6.45, 7) is 6.03. The van der Waals surface area contributed by atoms with E-state index < -0.39 is 22.7 Å². The Morgan fingerprint density at radius 3 is 1.83 bits per heavy atom. The molecule has 7 heteroatoms. The van der Waals surface area contributed by atoms with Crippen molar-refractivity contribution < 1.29 is 21.6 Å². The van der Waals surface area contributed by atoms with Crippen molar-refractivity contribution in [1.29, 1.82) is 0 Å². The van der Waals surface area contributed by atoms with Gasteiger partial charge in [-0.05, 0) is 11.3 Å². The lowest BCUT2D eigenvalue weighted by atomic mass is 9.79. The maximum absolute atomic E-state index is 12.4. The average Bonchev–Trinajstić information content (AvgIpc) is 2.05. The third-order valence-electron chi connectivity index (χ3n) is 2.97. The van der Waals surface area contributed by atoms with Crippen molar-refractivity contribution in [2.45, 2.75) is 40.3 Å². The van der Waals surface area contributed by atoms with Crippen LogP contribution in [0.25, 0.3) is 0 Å². The van der Waals surface area contributed by atoms with E-state index in [0.29, 0.717) is 10.7 Å². The number of alkyl halides is 3. The van der Waals surface area contributed by atoms with Gasteiger partial charge in [-0.3, -0.25) is 0 Å². The van der Waals surface area contributed by atoms with Crippen LogP contribution in [0, 0.1) is 11.3 Å². The Labute approximate surface area is 107 Å². The zero-order valence-corrected chi connectivity index (χ0v) is 12.3. The molecule has 1 unspecified atom stereocenters. The molecule has 0 aliphatic heterocycles. The van der Waals surface area contributed by atoms with Gasteiger partial charge in [0.1, 0.15) is 6.54 Å². The molecule has 0 amide bonds. The zero-order chi connectivity index (χ0) is 14.8. The molecule has 3 nitrogen and oxygen atoms in total. The van der Waals surface area contributed by atoms with Gasteiger partial charge in [0.2, 0.25) is 10.0 Å². The van der Waals surface area contributed by atoms with Crippen LogP contribution in [-0.2, 0) is 10.0 Å². The second-order valence-electron chi connectivity index (χ2n) is 5.64. The van der Waals surface area contributed by atoms with E-state index in [1.54, 1.807) is 0 Å². The molecule has 0 heterocycles. The quantitative estimate of drug-likeness (QED) is 0.780. The topological polar surface area (TPSA) is 37.4 Å². The van der Waals surface area contributed by atoms with Crippen LogP contribution in [-0.4, -0.2) is 38.2 Å². The highest BCUT2D eigenvalue weighted by Gasteiger charge is 2.37. The third-order valence-corrected chi connectivity index (χ3v) is 4.18. The molecule has 1 atom stereocenters. The molecule has 0 saturated heterocycles. The minimum absolute atomic E-state index is 0.0989. The van der Waals surface area contributed by atoms with Crippen molar-refractivity contribution in [3.63, 3.8) is 0 Å². The van der Waals surface area contributed by atoms with E-state index in [0.717, 1.165) is 6.26 Å². The van der Waals surface area contributed by atoms with Gasteiger partial charge in [0.25, 0.3) is 0 Å². The lowest BCUT2D eigenvalue weighted by molar-refractivity contribution is -0.137. The predicted octanol–water partition coefficient (Wildman–Crippen LogP) is 2.88. The summed E-state index contributed by atoms with van der Waals surface area (Å²) in [4.78, 5) is 0. The van der Waals surface area contributed by atoms with Crippen molar-refractivity contribution in [3.8, 4) is 0 Å². The van der Waals surface area contributed by atoms with Crippen molar-refractivity contribution in [2.75, 3.05) is 19.3 Å². The SMILES string of the molecule is CCC(CN(CC(F)(F)F)S(C)(=O)=O)C(C)(C)C. The molecule has 0 fully saturated rings. The van der Waals surface area contributed by atoms with E-state index >= 15 is 0 Å². The molecule has 0 aromatic carbocycles. The second-order valence-corrected chi connectivity index (χ2v) is 7.62. The monoisotopic (exact) mass is 289 g/mol. The fraction of sp³-hybridized carbons (Fsp3) is 1.00. The van der Waals surface area contributed by atoms with Gasteiger partial charge in [-0.1, -0.05) is 34.1 Å². The molecule has 0 bridgehead atoms. The fourth-order valence-electron chi connectivity index (χ4n) is 1.78. The van der Waals surface area contributed by atoms with E-state index in [-0.39, 0.29) is 17.9 Å². The molecular weight excluding hydrogens is 267 g/mol. The van der Waals surface area contributed by atoms with Crippen LogP contribution in [0.2, 0.25) is 0 Å². The van der Waals surface area contributed by atoms with Gasteiger partial charge in [-0.25, -0.2) is 8.42 Å². The van der Waals surface area contributed by atoms with Gasteiger partial charge in [0.15, 0.2) is 0 Å². The maximum atomic E-state index is 12.4. The van der Waals surface area contributed by atoms with Crippen molar-refractivity contribution >= 4 is 10.0 Å². The molecule has 0 aliphatic rings. The van der Waals surface area contributed by atoms with Gasteiger partial charge in [0, 0.05) is 6.54 Å². The standard InChI is InChI=1S/C11H22F3NO2S/c1-6-9(10(2,3)4)7-15(18(5,16)17)8-11(12,13)14/h9H,6-8H2,1-5H3. The first-order chi connectivity index (χ1) is 7.77. The molecule has 0 spiro atoms. The van der Waals surface area contributed by atoms with Gasteiger partial charge >= 0.3 is 6.18 Å². The third kappa shape index (κ3) is 6.58. The highest BCUT2D eigenvalue weighted by molar-refractivity contribution is 7.88. The minimum atomic E-state index is -4.51. The Kier molecular flexibility index (Phi) is 5.68. The Morgan fingerprint density at radius 1 is 1.17 bits per heavy atom. The normalized spacial score (nSPS) is 16.1. The number of nitrogens with zero attached hydrogens (tertiary/aromatic N) is 1. The zero-order valence-electron chi connectivity index (χ0n) is 11.5. The smallest absolute Gasteiger partial charge is 0.213 e. The van der Waals surface area contributed by atoms with Gasteiger partial charge < -0.3 is 0 Å². The van der Waals surface area contributed by atoms with Crippen LogP contribution in [0.5, 0.6) is 0 Å². The van der Waals surface area contributed by atoms with Crippen LogP contribution >= 0.6 is 0 Å². The first kappa shape index (κ1) is 17.7. The highest BCUT2D eigenvalue weighted by Crippen LogP contribution is 2.30. The summed E-state index contributed by atoms with van der Waals surface area (Å²) in [5.74, 6) is -0.116. The summed E-state index contributed by atoms with van der Waals surface area (Å²) in [6.07, 6.45) is -3.07. The summed E-state index contributed by atoms with van der Waals surface area (Å²) < 4.78 is 60.5. The predicted molar refractivity (Wildman–Crippen MR) is 65.7 cm³/mol. The van der Waals surface area contributed by atoms with Gasteiger partial charge in [0.05, 0.1) is 6.26 Å². The molecular formula is C11H22F3NO2S. The van der Waals surface area contributed by atoms with Crippen LogP contribution in [0.15, 0.2) is 0 Å². The van der Waals surface area contributed by atoms with E-state index in [9.17, 15) is 21.6 Å². The fourth-order valence-corrected chi connectivity index (χ4v) is 2.61. The molecule has 18 heavy (non-hydrogen) atoms. The Balaban J connectivity index is 5.03. The maximum Gasteiger partial charge on any atom is 0.402 e. The Hall–Kier alpha value is -0.300. The van der Waals surface area contributed by atoms with Gasteiger partial charge in [-0.2, -0.15) is 17.5 Å². The van der Waals surface area contributed by atoms with E-state index in [4.69, 9.17) is 0 Å². The molecule has 0 aromatic heterocycles. The molecule has 0 saturated carbocycles. The number of halogens is 3. The summed E-state index contributed by atoms with van der Waals surface area (Å²) in [5.41, 5.74) is -0.233. The molecule has 0 aliphatic carbocycles. The highest BCUT2D eigenvalue weighted by atomic mass is 32.2. The van der Waals surface area contributed by atoms with Crippen LogP contribution in [0.3, 0.4) is 0 Å². The summed E-state index contributed by atoms with van der Waals surface area (Å²) in [6, 6.07) is 0. The van der Waals surface area contributed by atoms with Crippen molar-refractivity contribution in [2.24, 2.45) is 11.3 Å². The molecule has 110 valence electrons. The average molecular weight is 289 g/mol.